The number of rotatable bonds is 8. The van der Waals surface area contributed by atoms with Crippen molar-refractivity contribution in [1.82, 2.24) is 5.32 Å². The molecule has 0 aliphatic heterocycles. The minimum absolute atomic E-state index is 0.248. The SMILES string of the molecule is COC(=O)c1ccc(CNC(=O)COC(=O)COc2ccccc2C)cc1. The lowest BCUT2D eigenvalue weighted by atomic mass is 10.1. The fourth-order valence-electron chi connectivity index (χ4n) is 2.17. The number of carbonyl (C=O) groups is 3. The van der Waals surface area contributed by atoms with Crippen molar-refractivity contribution in [1.29, 1.82) is 0 Å². The average molecular weight is 371 g/mol. The number of carbonyl (C=O) groups excluding carboxylic acids is 3. The molecular formula is C20H21NO6. The number of methoxy groups -OCH3 is 1. The van der Waals surface area contributed by atoms with E-state index < -0.39 is 24.5 Å². The highest BCUT2D eigenvalue weighted by atomic mass is 16.6. The van der Waals surface area contributed by atoms with Gasteiger partial charge in [0.15, 0.2) is 13.2 Å². The normalized spacial score (nSPS) is 10.0. The van der Waals surface area contributed by atoms with Gasteiger partial charge in [0.05, 0.1) is 12.7 Å². The van der Waals surface area contributed by atoms with Gasteiger partial charge in [0.1, 0.15) is 5.75 Å². The first-order valence-corrected chi connectivity index (χ1v) is 8.27. The lowest BCUT2D eigenvalue weighted by Crippen LogP contribution is -2.29. The summed E-state index contributed by atoms with van der Waals surface area (Å²) in [6.07, 6.45) is 0. The van der Waals surface area contributed by atoms with Crippen LogP contribution in [-0.4, -0.2) is 38.2 Å². The van der Waals surface area contributed by atoms with Gasteiger partial charge >= 0.3 is 11.9 Å². The number of para-hydroxylation sites is 1. The molecule has 0 aliphatic rings. The van der Waals surface area contributed by atoms with E-state index in [1.165, 1.54) is 7.11 Å². The standard InChI is InChI=1S/C20H21NO6/c1-14-5-3-4-6-17(14)26-13-19(23)27-12-18(22)21-11-15-7-9-16(10-8-15)20(24)25-2/h3-10H,11-13H2,1-2H3,(H,21,22). The first kappa shape index (κ1) is 20.0. The zero-order valence-electron chi connectivity index (χ0n) is 15.2. The molecule has 27 heavy (non-hydrogen) atoms. The first-order chi connectivity index (χ1) is 13.0. The predicted octanol–water partition coefficient (Wildman–Crippen LogP) is 2.02. The van der Waals surface area contributed by atoms with Crippen molar-refractivity contribution in [2.75, 3.05) is 20.3 Å². The topological polar surface area (TPSA) is 90.9 Å². The van der Waals surface area contributed by atoms with Crippen LogP contribution in [0, 0.1) is 6.92 Å². The highest BCUT2D eigenvalue weighted by Gasteiger charge is 2.10. The van der Waals surface area contributed by atoms with Crippen LogP contribution in [0.3, 0.4) is 0 Å². The van der Waals surface area contributed by atoms with Crippen molar-refractivity contribution in [3.05, 3.63) is 65.2 Å². The summed E-state index contributed by atoms with van der Waals surface area (Å²) in [6, 6.07) is 13.9. The molecule has 7 nitrogen and oxygen atoms in total. The Morgan fingerprint density at radius 2 is 1.67 bits per heavy atom. The lowest BCUT2D eigenvalue weighted by molar-refractivity contribution is -0.150. The van der Waals surface area contributed by atoms with Crippen LogP contribution in [0.4, 0.5) is 0 Å². The molecule has 0 unspecified atom stereocenters. The summed E-state index contributed by atoms with van der Waals surface area (Å²) in [5, 5.41) is 2.63. The molecule has 1 N–H and O–H groups in total. The van der Waals surface area contributed by atoms with Gasteiger partial charge in [0.25, 0.3) is 5.91 Å². The molecule has 7 heteroatoms. The van der Waals surface area contributed by atoms with Gasteiger partial charge < -0.3 is 19.5 Å². The maximum atomic E-state index is 11.8. The van der Waals surface area contributed by atoms with Crippen molar-refractivity contribution in [2.24, 2.45) is 0 Å². The van der Waals surface area contributed by atoms with E-state index in [2.05, 4.69) is 10.1 Å². The van der Waals surface area contributed by atoms with Crippen molar-refractivity contribution in [3.8, 4) is 5.75 Å². The van der Waals surface area contributed by atoms with E-state index in [4.69, 9.17) is 9.47 Å². The van der Waals surface area contributed by atoms with Crippen LogP contribution >= 0.6 is 0 Å². The molecular weight excluding hydrogens is 350 g/mol. The molecule has 142 valence electrons. The largest absolute Gasteiger partial charge is 0.482 e. The van der Waals surface area contributed by atoms with Crippen LogP contribution in [0.1, 0.15) is 21.5 Å². The number of benzene rings is 2. The van der Waals surface area contributed by atoms with Crippen LogP contribution < -0.4 is 10.1 Å². The fraction of sp³-hybridized carbons (Fsp3) is 0.250. The van der Waals surface area contributed by atoms with Gasteiger partial charge in [0.2, 0.25) is 0 Å². The third-order valence-electron chi connectivity index (χ3n) is 3.67. The van der Waals surface area contributed by atoms with Gasteiger partial charge in [-0.15, -0.1) is 0 Å². The van der Waals surface area contributed by atoms with E-state index in [-0.39, 0.29) is 13.2 Å². The van der Waals surface area contributed by atoms with Crippen molar-refractivity contribution < 1.29 is 28.6 Å². The van der Waals surface area contributed by atoms with Crippen LogP contribution in [0.5, 0.6) is 5.75 Å². The molecule has 0 radical (unpaired) electrons. The minimum Gasteiger partial charge on any atom is -0.482 e. The molecule has 2 aromatic rings. The highest BCUT2D eigenvalue weighted by molar-refractivity contribution is 5.89. The number of hydrogen-bond donors (Lipinski definition) is 1. The maximum Gasteiger partial charge on any atom is 0.344 e. The molecule has 0 saturated heterocycles. The molecule has 0 heterocycles. The maximum absolute atomic E-state index is 11.8. The van der Waals surface area contributed by atoms with E-state index in [0.717, 1.165) is 11.1 Å². The monoisotopic (exact) mass is 371 g/mol. The average Bonchev–Trinajstić information content (AvgIpc) is 2.69. The molecule has 1 amide bonds. The Morgan fingerprint density at radius 3 is 2.33 bits per heavy atom. The number of ether oxygens (including phenoxy) is 3. The zero-order chi connectivity index (χ0) is 19.6. The molecule has 0 atom stereocenters. The van der Waals surface area contributed by atoms with Gasteiger partial charge in [0, 0.05) is 6.54 Å². The number of hydrogen-bond acceptors (Lipinski definition) is 6. The quantitative estimate of drug-likeness (QED) is 0.714. The highest BCUT2D eigenvalue weighted by Crippen LogP contribution is 2.15. The van der Waals surface area contributed by atoms with Crippen LogP contribution in [0.15, 0.2) is 48.5 Å². The van der Waals surface area contributed by atoms with E-state index >= 15 is 0 Å². The third kappa shape index (κ3) is 6.47. The Labute approximate surface area is 157 Å². The summed E-state index contributed by atoms with van der Waals surface area (Å²) >= 11 is 0. The lowest BCUT2D eigenvalue weighted by Gasteiger charge is -2.09. The fourth-order valence-corrected chi connectivity index (χ4v) is 2.17. The second kappa shape index (κ2) is 9.96. The van der Waals surface area contributed by atoms with Gasteiger partial charge in [-0.2, -0.15) is 0 Å². The smallest absolute Gasteiger partial charge is 0.344 e. The third-order valence-corrected chi connectivity index (χ3v) is 3.67. The summed E-state index contributed by atoms with van der Waals surface area (Å²) in [5.74, 6) is -0.896. The number of esters is 2. The minimum atomic E-state index is -0.629. The molecule has 0 saturated carbocycles. The molecule has 0 bridgehead atoms. The first-order valence-electron chi connectivity index (χ1n) is 8.27. The van der Waals surface area contributed by atoms with Gasteiger partial charge in [-0.05, 0) is 36.2 Å². The van der Waals surface area contributed by atoms with Gasteiger partial charge in [-0.3, -0.25) is 4.79 Å². The van der Waals surface area contributed by atoms with Crippen molar-refractivity contribution >= 4 is 17.8 Å². The molecule has 0 spiro atoms. The van der Waals surface area contributed by atoms with E-state index in [9.17, 15) is 14.4 Å². The number of nitrogens with one attached hydrogen (secondary N) is 1. The van der Waals surface area contributed by atoms with Crippen LogP contribution in [0.2, 0.25) is 0 Å². The summed E-state index contributed by atoms with van der Waals surface area (Å²) in [6.45, 7) is 1.45. The van der Waals surface area contributed by atoms with Gasteiger partial charge in [-0.25, -0.2) is 9.59 Å². The van der Waals surface area contributed by atoms with Crippen LogP contribution in [-0.2, 0) is 25.6 Å². The Kier molecular flexibility index (Phi) is 7.37. The molecule has 2 aromatic carbocycles. The second-order valence-electron chi connectivity index (χ2n) is 5.68. The molecule has 2 rings (SSSR count). The van der Waals surface area contributed by atoms with Crippen molar-refractivity contribution in [3.63, 3.8) is 0 Å². The Hall–Kier alpha value is -3.35. The summed E-state index contributed by atoms with van der Waals surface area (Å²) in [4.78, 5) is 34.8. The number of amides is 1. The van der Waals surface area contributed by atoms with E-state index in [0.29, 0.717) is 11.3 Å². The number of aryl methyl sites for hydroxylation is 1. The predicted molar refractivity (Wildman–Crippen MR) is 97.3 cm³/mol. The second-order valence-corrected chi connectivity index (χ2v) is 5.68. The van der Waals surface area contributed by atoms with Crippen molar-refractivity contribution in [2.45, 2.75) is 13.5 Å². The Morgan fingerprint density at radius 1 is 0.963 bits per heavy atom. The van der Waals surface area contributed by atoms with E-state index in [1.807, 2.05) is 19.1 Å². The zero-order valence-corrected chi connectivity index (χ0v) is 15.2. The summed E-state index contributed by atoms with van der Waals surface area (Å²) in [5.41, 5.74) is 2.13. The Bertz CT molecular complexity index is 800. The van der Waals surface area contributed by atoms with Gasteiger partial charge in [-0.1, -0.05) is 30.3 Å². The summed E-state index contributed by atoms with van der Waals surface area (Å²) in [7, 11) is 1.31. The summed E-state index contributed by atoms with van der Waals surface area (Å²) < 4.78 is 14.9. The molecule has 0 fully saturated rings. The molecule has 0 aromatic heterocycles. The van der Waals surface area contributed by atoms with Crippen LogP contribution in [0.25, 0.3) is 0 Å². The Balaban J connectivity index is 1.69. The van der Waals surface area contributed by atoms with E-state index in [1.54, 1.807) is 36.4 Å². The molecule has 0 aliphatic carbocycles.